The average molecular weight is 426 g/mol. The summed E-state index contributed by atoms with van der Waals surface area (Å²) in [7, 11) is 1.30. The summed E-state index contributed by atoms with van der Waals surface area (Å²) in [5.41, 5.74) is 3.17. The number of esters is 1. The van der Waals surface area contributed by atoms with Crippen molar-refractivity contribution in [2.45, 2.75) is 0 Å². The molecule has 1 amide bonds. The Bertz CT molecular complexity index is 1370. The zero-order valence-corrected chi connectivity index (χ0v) is 17.1. The molecule has 1 aliphatic rings. The third-order valence-corrected chi connectivity index (χ3v) is 5.21. The molecule has 2 heterocycles. The average Bonchev–Trinajstić information content (AvgIpc) is 3.31. The van der Waals surface area contributed by atoms with Crippen molar-refractivity contribution in [2.24, 2.45) is 0 Å². The van der Waals surface area contributed by atoms with Gasteiger partial charge in [-0.3, -0.25) is 4.79 Å². The van der Waals surface area contributed by atoms with Gasteiger partial charge in [0.05, 0.1) is 35.1 Å². The number of carbonyl (C=O) groups excluding carboxylic acids is 2. The highest BCUT2D eigenvalue weighted by Crippen LogP contribution is 2.36. The van der Waals surface area contributed by atoms with Gasteiger partial charge in [-0.1, -0.05) is 30.3 Å². The summed E-state index contributed by atoms with van der Waals surface area (Å²) in [6.45, 7) is 0.178. The Labute approximate surface area is 183 Å². The van der Waals surface area contributed by atoms with Crippen LogP contribution in [0.2, 0.25) is 0 Å². The lowest BCUT2D eigenvalue weighted by Crippen LogP contribution is -2.16. The number of hydrogen-bond donors (Lipinski definition) is 1. The molecule has 5 rings (SSSR count). The Morgan fingerprint density at radius 2 is 1.69 bits per heavy atom. The molecule has 0 saturated heterocycles. The number of para-hydroxylation sites is 2. The van der Waals surface area contributed by atoms with Crippen LogP contribution in [0.25, 0.3) is 22.2 Å². The topological polar surface area (TPSA) is 86.8 Å². The number of nitrogens with zero attached hydrogens (tertiary/aromatic N) is 1. The van der Waals surface area contributed by atoms with E-state index in [0.717, 1.165) is 5.56 Å². The molecule has 0 aliphatic carbocycles. The molecule has 0 saturated carbocycles. The molecule has 4 aromatic rings. The second kappa shape index (κ2) is 8.03. The Kier molecular flexibility index (Phi) is 4.91. The van der Waals surface area contributed by atoms with Gasteiger partial charge < -0.3 is 19.5 Å². The minimum Gasteiger partial charge on any atom is -0.465 e. The van der Waals surface area contributed by atoms with E-state index in [9.17, 15) is 9.59 Å². The first-order valence-corrected chi connectivity index (χ1v) is 9.92. The van der Waals surface area contributed by atoms with Crippen molar-refractivity contribution >= 4 is 28.5 Å². The highest BCUT2D eigenvalue weighted by atomic mass is 16.7. The zero-order valence-electron chi connectivity index (χ0n) is 17.1. The number of nitrogens with one attached hydrogen (secondary N) is 1. The first-order valence-electron chi connectivity index (χ1n) is 9.92. The Hall–Kier alpha value is -4.39. The summed E-state index contributed by atoms with van der Waals surface area (Å²) >= 11 is 0. The number of benzene rings is 3. The van der Waals surface area contributed by atoms with E-state index in [1.807, 2.05) is 42.5 Å². The molecule has 0 fully saturated rings. The van der Waals surface area contributed by atoms with E-state index < -0.39 is 5.97 Å². The van der Waals surface area contributed by atoms with Gasteiger partial charge in [0.15, 0.2) is 11.5 Å². The number of aromatic nitrogens is 1. The van der Waals surface area contributed by atoms with E-state index in [4.69, 9.17) is 19.2 Å². The molecule has 1 N–H and O–H groups in total. The van der Waals surface area contributed by atoms with Crippen LogP contribution in [0.15, 0.2) is 72.8 Å². The van der Waals surface area contributed by atoms with Gasteiger partial charge in [-0.05, 0) is 42.5 Å². The predicted molar refractivity (Wildman–Crippen MR) is 119 cm³/mol. The maximum Gasteiger partial charge on any atom is 0.339 e. The van der Waals surface area contributed by atoms with Crippen molar-refractivity contribution in [3.63, 3.8) is 0 Å². The van der Waals surface area contributed by atoms with E-state index in [-0.39, 0.29) is 18.3 Å². The minimum absolute atomic E-state index is 0.178. The van der Waals surface area contributed by atoms with Gasteiger partial charge in [0, 0.05) is 10.9 Å². The zero-order chi connectivity index (χ0) is 22.1. The lowest BCUT2D eigenvalue weighted by Gasteiger charge is -2.13. The molecule has 7 nitrogen and oxygen atoms in total. The number of fused-ring (bicyclic) bond motifs is 2. The van der Waals surface area contributed by atoms with Crippen LogP contribution < -0.4 is 14.8 Å². The van der Waals surface area contributed by atoms with Crippen molar-refractivity contribution in [3.05, 3.63) is 83.9 Å². The summed E-state index contributed by atoms with van der Waals surface area (Å²) in [5, 5.41) is 3.54. The number of carbonyl (C=O) groups is 2. The monoisotopic (exact) mass is 426 g/mol. The number of amides is 1. The third kappa shape index (κ3) is 3.50. The fourth-order valence-electron chi connectivity index (χ4n) is 3.64. The molecule has 3 aromatic carbocycles. The second-order valence-electron chi connectivity index (χ2n) is 7.13. The molecule has 7 heteroatoms. The Balaban J connectivity index is 1.58. The molecule has 0 atom stereocenters. The largest absolute Gasteiger partial charge is 0.465 e. The maximum atomic E-state index is 13.3. The van der Waals surface area contributed by atoms with Gasteiger partial charge in [-0.15, -0.1) is 0 Å². The molecule has 0 unspecified atom stereocenters. The fourth-order valence-corrected chi connectivity index (χ4v) is 3.64. The minimum atomic E-state index is -0.526. The molecule has 0 radical (unpaired) electrons. The molecule has 0 spiro atoms. The van der Waals surface area contributed by atoms with Crippen LogP contribution in [-0.2, 0) is 4.74 Å². The van der Waals surface area contributed by atoms with Crippen LogP contribution in [0.1, 0.15) is 20.7 Å². The number of anilines is 1. The fraction of sp³-hybridized carbons (Fsp3) is 0.0800. The Morgan fingerprint density at radius 3 is 2.56 bits per heavy atom. The normalized spacial score (nSPS) is 11.9. The second-order valence-corrected chi connectivity index (χ2v) is 7.13. The van der Waals surface area contributed by atoms with Gasteiger partial charge in [-0.2, -0.15) is 0 Å². The van der Waals surface area contributed by atoms with Gasteiger partial charge in [0.1, 0.15) is 0 Å². The van der Waals surface area contributed by atoms with Crippen LogP contribution in [-0.4, -0.2) is 30.8 Å². The van der Waals surface area contributed by atoms with Crippen LogP contribution in [0.3, 0.4) is 0 Å². The van der Waals surface area contributed by atoms with E-state index in [2.05, 4.69) is 5.32 Å². The predicted octanol–water partition coefficient (Wildman–Crippen LogP) is 4.67. The first-order chi connectivity index (χ1) is 15.6. The van der Waals surface area contributed by atoms with Crippen molar-refractivity contribution in [3.8, 4) is 22.8 Å². The SMILES string of the molecule is COC(=O)c1ccccc1NC(=O)c1cc(-c2ccc3c(c2)OCO3)nc2ccccc12. The summed E-state index contributed by atoms with van der Waals surface area (Å²) in [6.07, 6.45) is 0. The molecule has 32 heavy (non-hydrogen) atoms. The summed E-state index contributed by atoms with van der Waals surface area (Å²) in [6, 6.07) is 21.4. The number of hydrogen-bond acceptors (Lipinski definition) is 6. The molecular formula is C25H18N2O5. The number of rotatable bonds is 4. The van der Waals surface area contributed by atoms with Crippen molar-refractivity contribution in [1.29, 1.82) is 0 Å². The van der Waals surface area contributed by atoms with Crippen LogP contribution in [0.5, 0.6) is 11.5 Å². The van der Waals surface area contributed by atoms with Gasteiger partial charge in [0.2, 0.25) is 6.79 Å². The van der Waals surface area contributed by atoms with Crippen LogP contribution >= 0.6 is 0 Å². The molecule has 158 valence electrons. The van der Waals surface area contributed by atoms with Crippen molar-refractivity contribution < 1.29 is 23.8 Å². The smallest absolute Gasteiger partial charge is 0.339 e. The quantitative estimate of drug-likeness (QED) is 0.477. The van der Waals surface area contributed by atoms with Gasteiger partial charge in [0.25, 0.3) is 5.91 Å². The number of ether oxygens (including phenoxy) is 3. The molecule has 1 aliphatic heterocycles. The Morgan fingerprint density at radius 1 is 0.906 bits per heavy atom. The lowest BCUT2D eigenvalue weighted by molar-refractivity contribution is 0.0602. The van der Waals surface area contributed by atoms with E-state index in [1.165, 1.54) is 7.11 Å². The summed E-state index contributed by atoms with van der Waals surface area (Å²) < 4.78 is 15.7. The highest BCUT2D eigenvalue weighted by Gasteiger charge is 2.19. The first kappa shape index (κ1) is 19.6. The maximum absolute atomic E-state index is 13.3. The molecular weight excluding hydrogens is 408 g/mol. The van der Waals surface area contributed by atoms with E-state index in [1.54, 1.807) is 30.3 Å². The number of methoxy groups -OCH3 is 1. The van der Waals surface area contributed by atoms with Gasteiger partial charge >= 0.3 is 5.97 Å². The summed E-state index contributed by atoms with van der Waals surface area (Å²) in [4.78, 5) is 30.1. The summed E-state index contributed by atoms with van der Waals surface area (Å²) in [5.74, 6) is 0.422. The lowest BCUT2D eigenvalue weighted by atomic mass is 10.0. The number of pyridine rings is 1. The third-order valence-electron chi connectivity index (χ3n) is 5.21. The van der Waals surface area contributed by atoms with Crippen molar-refractivity contribution in [2.75, 3.05) is 19.2 Å². The standard InChI is InChI=1S/C25H18N2O5/c1-30-25(29)17-7-3-5-9-20(17)27-24(28)18-13-21(26-19-8-4-2-6-16(18)19)15-10-11-22-23(12-15)32-14-31-22/h2-13H,14H2,1H3,(H,27,28). The molecule has 0 bridgehead atoms. The van der Waals surface area contributed by atoms with E-state index >= 15 is 0 Å². The molecule has 1 aromatic heterocycles. The van der Waals surface area contributed by atoms with E-state index in [0.29, 0.717) is 39.3 Å². The van der Waals surface area contributed by atoms with Crippen LogP contribution in [0, 0.1) is 0 Å². The highest BCUT2D eigenvalue weighted by molar-refractivity contribution is 6.14. The van der Waals surface area contributed by atoms with Crippen molar-refractivity contribution in [1.82, 2.24) is 4.98 Å². The van der Waals surface area contributed by atoms with Crippen LogP contribution in [0.4, 0.5) is 5.69 Å². The van der Waals surface area contributed by atoms with Gasteiger partial charge in [-0.25, -0.2) is 9.78 Å².